The molecule has 3 nitrogen and oxygen atoms in total. The maximum absolute atomic E-state index is 9.52. The quantitative estimate of drug-likeness (QED) is 0.886. The van der Waals surface area contributed by atoms with E-state index in [2.05, 4.69) is 24.0 Å². The maximum Gasteiger partial charge on any atom is 0.123 e. The van der Waals surface area contributed by atoms with Crippen LogP contribution in [-0.2, 0) is 6.54 Å². The van der Waals surface area contributed by atoms with Crippen LogP contribution < -0.4 is 4.74 Å². The minimum atomic E-state index is 0.0544. The Morgan fingerprint density at radius 3 is 2.89 bits per heavy atom. The maximum atomic E-state index is 9.52. The minimum Gasteiger partial charge on any atom is -0.494 e. The van der Waals surface area contributed by atoms with Gasteiger partial charge in [-0.15, -0.1) is 0 Å². The van der Waals surface area contributed by atoms with Crippen LogP contribution in [0.5, 0.6) is 5.75 Å². The highest BCUT2D eigenvalue weighted by molar-refractivity contribution is 5.33. The second kappa shape index (κ2) is 6.40. The van der Waals surface area contributed by atoms with Crippen LogP contribution in [0.4, 0.5) is 0 Å². The molecular weight excluding hydrogens is 238 g/mol. The van der Waals surface area contributed by atoms with Crippen molar-refractivity contribution in [2.24, 2.45) is 5.41 Å². The zero-order valence-electron chi connectivity index (χ0n) is 12.1. The molecule has 1 aromatic rings. The van der Waals surface area contributed by atoms with Gasteiger partial charge in [0.25, 0.3) is 0 Å². The lowest BCUT2D eigenvalue weighted by Gasteiger charge is -2.39. The van der Waals surface area contributed by atoms with Crippen molar-refractivity contribution >= 4 is 0 Å². The Balaban J connectivity index is 2.04. The Morgan fingerprint density at radius 2 is 2.16 bits per heavy atom. The van der Waals surface area contributed by atoms with Gasteiger partial charge < -0.3 is 9.84 Å². The molecule has 1 atom stereocenters. The molecule has 0 bridgehead atoms. The van der Waals surface area contributed by atoms with Gasteiger partial charge in [0.2, 0.25) is 0 Å². The second-order valence-corrected chi connectivity index (χ2v) is 5.82. The first kappa shape index (κ1) is 14.4. The second-order valence-electron chi connectivity index (χ2n) is 5.82. The Bertz CT molecular complexity index is 407. The van der Waals surface area contributed by atoms with Crippen molar-refractivity contribution in [2.75, 3.05) is 26.3 Å². The molecule has 1 fully saturated rings. The van der Waals surface area contributed by atoms with E-state index in [4.69, 9.17) is 4.74 Å². The van der Waals surface area contributed by atoms with E-state index in [1.165, 1.54) is 5.56 Å². The van der Waals surface area contributed by atoms with Gasteiger partial charge in [0.15, 0.2) is 0 Å². The largest absolute Gasteiger partial charge is 0.494 e. The lowest BCUT2D eigenvalue weighted by Crippen LogP contribution is -2.43. The molecule has 1 unspecified atom stereocenters. The first-order valence-electron chi connectivity index (χ1n) is 7.21. The topological polar surface area (TPSA) is 32.7 Å². The fourth-order valence-electron chi connectivity index (χ4n) is 2.86. The summed E-state index contributed by atoms with van der Waals surface area (Å²) < 4.78 is 5.68. The molecule has 1 aromatic carbocycles. The monoisotopic (exact) mass is 263 g/mol. The molecule has 106 valence electrons. The number of aliphatic hydroxyl groups excluding tert-OH is 1. The van der Waals surface area contributed by atoms with Crippen LogP contribution >= 0.6 is 0 Å². The summed E-state index contributed by atoms with van der Waals surface area (Å²) in [6.07, 6.45) is 2.28. The number of piperidine rings is 1. The van der Waals surface area contributed by atoms with Crippen molar-refractivity contribution in [3.8, 4) is 5.75 Å². The number of likely N-dealkylation sites (tertiary alicyclic amines) is 1. The number of benzene rings is 1. The summed E-state index contributed by atoms with van der Waals surface area (Å²) >= 11 is 0. The first-order chi connectivity index (χ1) is 9.17. The van der Waals surface area contributed by atoms with Gasteiger partial charge in [0.05, 0.1) is 6.61 Å². The molecule has 1 aliphatic rings. The number of nitrogens with zero attached hydrogens (tertiary/aromatic N) is 1. The van der Waals surface area contributed by atoms with Crippen LogP contribution in [0.25, 0.3) is 0 Å². The van der Waals surface area contributed by atoms with Crippen LogP contribution in [-0.4, -0.2) is 36.3 Å². The standard InChI is InChI=1S/C16H25NO2/c1-3-19-15-8-5-4-7-14(15)11-17-10-6-9-16(2,12-17)13-18/h4-5,7-8,18H,3,6,9-13H2,1-2H3. The Labute approximate surface area is 116 Å². The highest BCUT2D eigenvalue weighted by atomic mass is 16.5. The summed E-state index contributed by atoms with van der Waals surface area (Å²) in [5, 5.41) is 9.52. The molecular formula is C16H25NO2. The summed E-state index contributed by atoms with van der Waals surface area (Å²) in [6, 6.07) is 8.25. The van der Waals surface area contributed by atoms with Crippen molar-refractivity contribution in [3.63, 3.8) is 0 Å². The van der Waals surface area contributed by atoms with Crippen molar-refractivity contribution in [3.05, 3.63) is 29.8 Å². The molecule has 0 amide bonds. The average Bonchev–Trinajstić information content (AvgIpc) is 2.41. The smallest absolute Gasteiger partial charge is 0.123 e. The molecule has 1 aliphatic heterocycles. The normalized spacial score (nSPS) is 24.4. The number of aliphatic hydroxyl groups is 1. The van der Waals surface area contributed by atoms with E-state index in [0.717, 1.165) is 38.2 Å². The molecule has 0 aliphatic carbocycles. The lowest BCUT2D eigenvalue weighted by molar-refractivity contribution is 0.0425. The number of hydrogen-bond donors (Lipinski definition) is 1. The van der Waals surface area contributed by atoms with E-state index in [9.17, 15) is 5.11 Å². The number of rotatable bonds is 5. The predicted molar refractivity (Wildman–Crippen MR) is 77.3 cm³/mol. The van der Waals surface area contributed by atoms with Gasteiger partial charge in [-0.2, -0.15) is 0 Å². The first-order valence-corrected chi connectivity index (χ1v) is 7.21. The summed E-state index contributed by atoms with van der Waals surface area (Å²) in [6.45, 7) is 8.14. The summed E-state index contributed by atoms with van der Waals surface area (Å²) in [5.41, 5.74) is 1.30. The highest BCUT2D eigenvalue weighted by Gasteiger charge is 2.30. The summed E-state index contributed by atoms with van der Waals surface area (Å²) in [4.78, 5) is 2.43. The lowest BCUT2D eigenvalue weighted by atomic mass is 9.82. The van der Waals surface area contributed by atoms with Gasteiger partial charge in [-0.3, -0.25) is 4.90 Å². The third-order valence-corrected chi connectivity index (χ3v) is 3.91. The van der Waals surface area contributed by atoms with Crippen LogP contribution in [0, 0.1) is 5.41 Å². The summed E-state index contributed by atoms with van der Waals surface area (Å²) in [7, 11) is 0. The highest BCUT2D eigenvalue weighted by Crippen LogP contribution is 2.30. The van der Waals surface area contributed by atoms with Crippen LogP contribution in [0.3, 0.4) is 0 Å². The molecule has 0 spiro atoms. The van der Waals surface area contributed by atoms with E-state index >= 15 is 0 Å². The SMILES string of the molecule is CCOc1ccccc1CN1CCCC(C)(CO)C1. The van der Waals surface area contributed by atoms with Crippen molar-refractivity contribution < 1.29 is 9.84 Å². The number of para-hydroxylation sites is 1. The van der Waals surface area contributed by atoms with Crippen LogP contribution in [0.2, 0.25) is 0 Å². The third kappa shape index (κ3) is 3.71. The molecule has 2 rings (SSSR count). The van der Waals surface area contributed by atoms with E-state index < -0.39 is 0 Å². The van der Waals surface area contributed by atoms with Crippen molar-refractivity contribution in [2.45, 2.75) is 33.2 Å². The molecule has 0 radical (unpaired) electrons. The van der Waals surface area contributed by atoms with E-state index in [1.807, 2.05) is 19.1 Å². The minimum absolute atomic E-state index is 0.0544. The molecule has 3 heteroatoms. The van der Waals surface area contributed by atoms with Gasteiger partial charge in [-0.1, -0.05) is 25.1 Å². The Kier molecular flexibility index (Phi) is 4.83. The number of hydrogen-bond acceptors (Lipinski definition) is 3. The number of ether oxygens (including phenoxy) is 1. The van der Waals surface area contributed by atoms with Gasteiger partial charge in [-0.05, 0) is 32.4 Å². The van der Waals surface area contributed by atoms with Gasteiger partial charge in [0, 0.05) is 30.7 Å². The summed E-state index contributed by atoms with van der Waals surface area (Å²) in [5.74, 6) is 0.987. The van der Waals surface area contributed by atoms with Crippen molar-refractivity contribution in [1.29, 1.82) is 0 Å². The average molecular weight is 263 g/mol. The van der Waals surface area contributed by atoms with Gasteiger partial charge in [-0.25, -0.2) is 0 Å². The molecule has 0 saturated carbocycles. The molecule has 1 saturated heterocycles. The Morgan fingerprint density at radius 1 is 1.37 bits per heavy atom. The van der Waals surface area contributed by atoms with E-state index in [1.54, 1.807) is 0 Å². The Hall–Kier alpha value is -1.06. The van der Waals surface area contributed by atoms with Gasteiger partial charge in [0.1, 0.15) is 5.75 Å². The molecule has 1 N–H and O–H groups in total. The van der Waals surface area contributed by atoms with E-state index in [0.29, 0.717) is 6.61 Å². The molecule has 0 aromatic heterocycles. The van der Waals surface area contributed by atoms with Gasteiger partial charge >= 0.3 is 0 Å². The molecule has 19 heavy (non-hydrogen) atoms. The predicted octanol–water partition coefficient (Wildman–Crippen LogP) is 2.68. The van der Waals surface area contributed by atoms with Crippen LogP contribution in [0.15, 0.2) is 24.3 Å². The fraction of sp³-hybridized carbons (Fsp3) is 0.625. The van der Waals surface area contributed by atoms with Crippen molar-refractivity contribution in [1.82, 2.24) is 4.90 Å². The molecule has 1 heterocycles. The fourth-order valence-corrected chi connectivity index (χ4v) is 2.86. The van der Waals surface area contributed by atoms with E-state index in [-0.39, 0.29) is 12.0 Å². The van der Waals surface area contributed by atoms with Crippen LogP contribution in [0.1, 0.15) is 32.3 Å². The zero-order chi connectivity index (χ0) is 13.7. The third-order valence-electron chi connectivity index (χ3n) is 3.91. The zero-order valence-corrected chi connectivity index (χ0v) is 12.1.